The van der Waals surface area contributed by atoms with Crippen molar-refractivity contribution in [3.05, 3.63) is 83.3 Å². The lowest BCUT2D eigenvalue weighted by molar-refractivity contribution is -0.117. The predicted octanol–water partition coefficient (Wildman–Crippen LogP) is 5.19. The monoisotopic (exact) mass is 424 g/mol. The molecule has 0 unspecified atom stereocenters. The van der Waals surface area contributed by atoms with Gasteiger partial charge in [-0.15, -0.1) is 0 Å². The van der Waals surface area contributed by atoms with E-state index < -0.39 is 0 Å². The van der Waals surface area contributed by atoms with Crippen molar-refractivity contribution >= 4 is 34.6 Å². The highest BCUT2D eigenvalue weighted by atomic mass is 16.5. The normalized spacial score (nSPS) is 17.6. The van der Waals surface area contributed by atoms with Crippen molar-refractivity contribution in [2.24, 2.45) is 5.92 Å². The number of aromatic amines is 1. The summed E-state index contributed by atoms with van der Waals surface area (Å²) in [6.45, 7) is 1.97. The molecule has 0 aliphatic heterocycles. The molecule has 2 aromatic heterocycles. The molecule has 2 atom stereocenters. The lowest BCUT2D eigenvalue weighted by Crippen LogP contribution is -2.15. The van der Waals surface area contributed by atoms with Crippen molar-refractivity contribution in [2.45, 2.75) is 19.3 Å². The number of aryl methyl sites for hydroxylation is 1. The van der Waals surface area contributed by atoms with Crippen LogP contribution in [0.1, 0.15) is 34.7 Å². The number of benzene rings is 2. The van der Waals surface area contributed by atoms with E-state index >= 15 is 0 Å². The van der Waals surface area contributed by atoms with Crippen LogP contribution in [0.2, 0.25) is 0 Å². The molecular weight excluding hydrogens is 400 g/mol. The third-order valence-corrected chi connectivity index (χ3v) is 6.00. The van der Waals surface area contributed by atoms with Gasteiger partial charge in [0.15, 0.2) is 0 Å². The smallest absolute Gasteiger partial charge is 0.228 e. The lowest BCUT2D eigenvalue weighted by atomic mass is 10.1. The molecule has 160 valence electrons. The molecule has 0 bridgehead atoms. The number of H-pyrrole nitrogens is 1. The Morgan fingerprint density at radius 2 is 1.97 bits per heavy atom. The Kier molecular flexibility index (Phi) is 5.19. The summed E-state index contributed by atoms with van der Waals surface area (Å²) in [4.78, 5) is 16.8. The lowest BCUT2D eigenvalue weighted by Gasteiger charge is -2.10. The van der Waals surface area contributed by atoms with E-state index in [2.05, 4.69) is 38.7 Å². The quantitative estimate of drug-likeness (QED) is 0.447. The molecule has 1 saturated carbocycles. The maximum Gasteiger partial charge on any atom is 0.228 e. The molecule has 0 spiro atoms. The largest absolute Gasteiger partial charge is 0.497 e. The first-order chi connectivity index (χ1) is 15.6. The van der Waals surface area contributed by atoms with Gasteiger partial charge in [0.25, 0.3) is 0 Å². The number of fused-ring (bicyclic) bond motifs is 1. The van der Waals surface area contributed by atoms with E-state index in [0.29, 0.717) is 0 Å². The summed E-state index contributed by atoms with van der Waals surface area (Å²) < 4.78 is 5.24. The van der Waals surface area contributed by atoms with Crippen LogP contribution in [0.5, 0.6) is 5.75 Å². The topological polar surface area (TPSA) is 79.9 Å². The zero-order valence-corrected chi connectivity index (χ0v) is 18.0. The van der Waals surface area contributed by atoms with Gasteiger partial charge < -0.3 is 10.1 Å². The molecule has 1 aliphatic carbocycles. The van der Waals surface area contributed by atoms with Gasteiger partial charge in [-0.3, -0.25) is 14.9 Å². The van der Waals surface area contributed by atoms with Gasteiger partial charge in [0, 0.05) is 29.4 Å². The van der Waals surface area contributed by atoms with E-state index in [9.17, 15) is 4.79 Å². The molecule has 6 heteroatoms. The minimum Gasteiger partial charge on any atom is -0.497 e. The second-order valence-corrected chi connectivity index (χ2v) is 8.15. The van der Waals surface area contributed by atoms with E-state index in [1.54, 1.807) is 19.5 Å². The van der Waals surface area contributed by atoms with Gasteiger partial charge in [-0.1, -0.05) is 18.2 Å². The van der Waals surface area contributed by atoms with E-state index in [-0.39, 0.29) is 17.7 Å². The maximum absolute atomic E-state index is 12.8. The van der Waals surface area contributed by atoms with Gasteiger partial charge in [-0.2, -0.15) is 5.10 Å². The number of amides is 1. The van der Waals surface area contributed by atoms with Crippen LogP contribution >= 0.6 is 0 Å². The summed E-state index contributed by atoms with van der Waals surface area (Å²) in [7, 11) is 1.64. The van der Waals surface area contributed by atoms with Crippen LogP contribution in [0.3, 0.4) is 0 Å². The molecule has 2 N–H and O–H groups in total. The van der Waals surface area contributed by atoms with Crippen molar-refractivity contribution in [3.63, 3.8) is 0 Å². The van der Waals surface area contributed by atoms with Gasteiger partial charge in [-0.25, -0.2) is 0 Å². The SMILES string of the molecule is COc1ccc(NC(=O)[C@@H]2C[C@H]2c2ccc3c(/C=C/c4ccncc4)n[nH]c3c2)c(C)c1. The standard InChI is InChI=1S/C26H24N4O2/c1-16-13-19(32-2)5-8-23(16)28-26(31)22-15-21(22)18-4-6-20-24(29-30-25(20)14-18)7-3-17-9-11-27-12-10-17/h3-14,21-22H,15H2,1-2H3,(H,28,31)(H,29,30)/b7-3+/t21-,22+/m0/s1. The molecular formula is C26H24N4O2. The highest BCUT2D eigenvalue weighted by Crippen LogP contribution is 2.48. The minimum absolute atomic E-state index is 0.0112. The molecule has 0 radical (unpaired) electrons. The number of methoxy groups -OCH3 is 1. The van der Waals surface area contributed by atoms with E-state index in [4.69, 9.17) is 4.74 Å². The third kappa shape index (κ3) is 3.99. The molecule has 32 heavy (non-hydrogen) atoms. The molecule has 1 fully saturated rings. The first kappa shape index (κ1) is 20.0. The van der Waals surface area contributed by atoms with Crippen molar-refractivity contribution in [1.82, 2.24) is 15.2 Å². The van der Waals surface area contributed by atoms with Crippen molar-refractivity contribution in [1.29, 1.82) is 0 Å². The number of nitrogens with one attached hydrogen (secondary N) is 2. The Labute approximate surface area is 186 Å². The Balaban J connectivity index is 1.28. The number of hydrogen-bond donors (Lipinski definition) is 2. The molecule has 2 aromatic carbocycles. The summed E-state index contributed by atoms with van der Waals surface area (Å²) >= 11 is 0. The molecule has 4 aromatic rings. The number of hydrogen-bond acceptors (Lipinski definition) is 4. The highest BCUT2D eigenvalue weighted by molar-refractivity contribution is 5.96. The third-order valence-electron chi connectivity index (χ3n) is 6.00. The predicted molar refractivity (Wildman–Crippen MR) is 126 cm³/mol. The van der Waals surface area contributed by atoms with Gasteiger partial charge >= 0.3 is 0 Å². The number of carbonyl (C=O) groups is 1. The maximum atomic E-state index is 12.8. The number of anilines is 1. The Bertz CT molecular complexity index is 1310. The van der Waals surface area contributed by atoms with Crippen LogP contribution in [-0.4, -0.2) is 28.2 Å². The number of aromatic nitrogens is 3. The number of pyridine rings is 1. The number of rotatable bonds is 6. The average Bonchev–Trinajstić information content (AvgIpc) is 3.53. The molecule has 2 heterocycles. The van der Waals surface area contributed by atoms with Gasteiger partial charge in [-0.05, 0) is 78.4 Å². The first-order valence-electron chi connectivity index (χ1n) is 10.6. The highest BCUT2D eigenvalue weighted by Gasteiger charge is 2.44. The van der Waals surface area contributed by atoms with E-state index in [0.717, 1.165) is 51.1 Å². The summed E-state index contributed by atoms with van der Waals surface area (Å²) in [5.41, 5.74) is 5.93. The number of nitrogens with zero attached hydrogens (tertiary/aromatic N) is 2. The molecule has 1 aliphatic rings. The van der Waals surface area contributed by atoms with Gasteiger partial charge in [0.2, 0.25) is 5.91 Å². The molecule has 1 amide bonds. The fourth-order valence-electron chi connectivity index (χ4n) is 4.05. The summed E-state index contributed by atoms with van der Waals surface area (Å²) in [6, 6.07) is 15.9. The van der Waals surface area contributed by atoms with Crippen LogP contribution in [0, 0.1) is 12.8 Å². The van der Waals surface area contributed by atoms with Crippen LogP contribution in [0.25, 0.3) is 23.1 Å². The Hall–Kier alpha value is -3.93. The van der Waals surface area contributed by atoms with Gasteiger partial charge in [0.05, 0.1) is 18.3 Å². The average molecular weight is 425 g/mol. The van der Waals surface area contributed by atoms with Crippen molar-refractivity contribution in [3.8, 4) is 5.75 Å². The zero-order valence-electron chi connectivity index (χ0n) is 18.0. The summed E-state index contributed by atoms with van der Waals surface area (Å²) in [5, 5.41) is 11.7. The van der Waals surface area contributed by atoms with Crippen molar-refractivity contribution < 1.29 is 9.53 Å². The van der Waals surface area contributed by atoms with Crippen molar-refractivity contribution in [2.75, 3.05) is 12.4 Å². The van der Waals surface area contributed by atoms with Crippen LogP contribution in [0.15, 0.2) is 60.9 Å². The van der Waals surface area contributed by atoms with Gasteiger partial charge in [0.1, 0.15) is 5.75 Å². The number of carbonyl (C=O) groups excluding carboxylic acids is 1. The second-order valence-electron chi connectivity index (χ2n) is 8.15. The molecule has 0 saturated heterocycles. The fraction of sp³-hybridized carbons (Fsp3) is 0.192. The summed E-state index contributed by atoms with van der Waals surface area (Å²) in [6.07, 6.45) is 8.42. The molecule has 6 nitrogen and oxygen atoms in total. The zero-order chi connectivity index (χ0) is 22.1. The van der Waals surface area contributed by atoms with E-state index in [1.807, 2.05) is 49.4 Å². The first-order valence-corrected chi connectivity index (χ1v) is 10.6. The Morgan fingerprint density at radius 3 is 2.75 bits per heavy atom. The second kappa shape index (κ2) is 8.30. The van der Waals surface area contributed by atoms with E-state index in [1.165, 1.54) is 0 Å². The van der Waals surface area contributed by atoms with Crippen LogP contribution in [-0.2, 0) is 4.79 Å². The van der Waals surface area contributed by atoms with Crippen LogP contribution < -0.4 is 10.1 Å². The Morgan fingerprint density at radius 1 is 1.12 bits per heavy atom. The minimum atomic E-state index is -0.0112. The summed E-state index contributed by atoms with van der Waals surface area (Å²) in [5.74, 6) is 1.07. The van der Waals surface area contributed by atoms with Crippen LogP contribution in [0.4, 0.5) is 5.69 Å². The fourth-order valence-corrected chi connectivity index (χ4v) is 4.05. The molecule has 5 rings (SSSR count). The number of ether oxygens (including phenoxy) is 1.